The van der Waals surface area contributed by atoms with E-state index in [0.29, 0.717) is 22.8 Å². The lowest BCUT2D eigenvalue weighted by atomic mass is 10.1. The molecule has 1 saturated heterocycles. The Bertz CT molecular complexity index is 1480. The summed E-state index contributed by atoms with van der Waals surface area (Å²) in [6.45, 7) is 3.97. The Morgan fingerprint density at radius 2 is 1.97 bits per heavy atom. The van der Waals surface area contributed by atoms with E-state index in [2.05, 4.69) is 14.9 Å². The van der Waals surface area contributed by atoms with E-state index in [4.69, 9.17) is 9.72 Å². The zero-order valence-electron chi connectivity index (χ0n) is 19.6. The summed E-state index contributed by atoms with van der Waals surface area (Å²) in [5, 5.41) is 0. The third-order valence-corrected chi connectivity index (χ3v) is 8.04. The Morgan fingerprint density at radius 1 is 1.17 bits per heavy atom. The van der Waals surface area contributed by atoms with Gasteiger partial charge in [-0.3, -0.25) is 9.78 Å². The lowest BCUT2D eigenvalue weighted by Gasteiger charge is -2.27. The highest BCUT2D eigenvalue weighted by Crippen LogP contribution is 2.40. The molecular weight excluding hydrogens is 464 g/mol. The number of fused-ring (bicyclic) bond motifs is 1. The molecule has 2 aromatic heterocycles. The number of hydrogen-bond donors (Lipinski definition) is 1. The molecule has 1 fully saturated rings. The van der Waals surface area contributed by atoms with E-state index in [1.807, 2.05) is 30.3 Å². The van der Waals surface area contributed by atoms with Crippen molar-refractivity contribution in [2.75, 3.05) is 17.2 Å². The summed E-state index contributed by atoms with van der Waals surface area (Å²) in [6, 6.07) is 15.6. The van der Waals surface area contributed by atoms with Gasteiger partial charge in [0.05, 0.1) is 33.4 Å². The van der Waals surface area contributed by atoms with Gasteiger partial charge in [0.1, 0.15) is 11.4 Å². The van der Waals surface area contributed by atoms with Gasteiger partial charge in [-0.25, -0.2) is 13.4 Å². The maximum absolute atomic E-state index is 12.3. The van der Waals surface area contributed by atoms with Gasteiger partial charge in [-0.1, -0.05) is 13.0 Å². The molecule has 0 saturated carbocycles. The van der Waals surface area contributed by atoms with Crippen LogP contribution < -0.4 is 9.64 Å². The van der Waals surface area contributed by atoms with Crippen LogP contribution >= 0.6 is 0 Å². The molecule has 1 N–H and O–H groups in total. The fraction of sp³-hybridized carbons (Fsp3) is 0.269. The summed E-state index contributed by atoms with van der Waals surface area (Å²) >= 11 is 0. The van der Waals surface area contributed by atoms with Gasteiger partial charge in [0.25, 0.3) is 0 Å². The minimum atomic E-state index is -3.30. The van der Waals surface area contributed by atoms with Crippen LogP contribution in [0.25, 0.3) is 22.6 Å². The number of carbonyl (C=O) groups excluding carboxylic acids is 1. The van der Waals surface area contributed by atoms with Crippen LogP contribution in [-0.2, 0) is 14.6 Å². The Labute approximate surface area is 203 Å². The molecule has 1 aliphatic heterocycles. The lowest BCUT2D eigenvalue weighted by Crippen LogP contribution is -2.34. The van der Waals surface area contributed by atoms with Crippen LogP contribution in [0.3, 0.4) is 0 Å². The van der Waals surface area contributed by atoms with Crippen LogP contribution in [0.1, 0.15) is 26.7 Å². The fourth-order valence-corrected chi connectivity index (χ4v) is 5.33. The van der Waals surface area contributed by atoms with Gasteiger partial charge in [-0.2, -0.15) is 0 Å². The molecule has 0 radical (unpaired) electrons. The van der Waals surface area contributed by atoms with Crippen LogP contribution in [0.2, 0.25) is 0 Å². The largest absolute Gasteiger partial charge is 0.455 e. The summed E-state index contributed by atoms with van der Waals surface area (Å²) in [7, 11) is -3.30. The van der Waals surface area contributed by atoms with Crippen LogP contribution in [0.15, 0.2) is 65.7 Å². The third-order valence-electron chi connectivity index (χ3n) is 6.29. The second-order valence-corrected chi connectivity index (χ2v) is 10.9. The molecule has 8 nitrogen and oxygen atoms in total. The average Bonchev–Trinajstić information content (AvgIpc) is 3.52. The maximum atomic E-state index is 12.3. The summed E-state index contributed by atoms with van der Waals surface area (Å²) < 4.78 is 30.6. The van der Waals surface area contributed by atoms with E-state index in [1.54, 1.807) is 44.3 Å². The molecule has 5 rings (SSSR count). The molecule has 9 heteroatoms. The monoisotopic (exact) mass is 490 g/mol. The Morgan fingerprint density at radius 3 is 2.66 bits per heavy atom. The summed E-state index contributed by atoms with van der Waals surface area (Å²) in [5.41, 5.74) is 3.03. The lowest BCUT2D eigenvalue weighted by molar-refractivity contribution is -0.118. The second kappa shape index (κ2) is 9.14. The number of imidazole rings is 1. The minimum absolute atomic E-state index is 0.0349. The van der Waals surface area contributed by atoms with Crippen LogP contribution in [0.4, 0.5) is 5.69 Å². The predicted molar refractivity (Wildman–Crippen MR) is 135 cm³/mol. The Balaban J connectivity index is 1.58. The van der Waals surface area contributed by atoms with Gasteiger partial charge in [-0.05, 0) is 62.2 Å². The molecule has 0 spiro atoms. The molecule has 1 atom stereocenters. The van der Waals surface area contributed by atoms with Gasteiger partial charge in [0.2, 0.25) is 0 Å². The quantitative estimate of drug-likeness (QED) is 0.398. The molecule has 180 valence electrons. The topological polar surface area (TPSA) is 105 Å². The first-order valence-electron chi connectivity index (χ1n) is 11.6. The molecule has 35 heavy (non-hydrogen) atoms. The first kappa shape index (κ1) is 23.0. The van der Waals surface area contributed by atoms with Crippen molar-refractivity contribution in [3.8, 4) is 23.0 Å². The number of aromatic nitrogens is 3. The molecule has 4 aromatic rings. The number of Topliss-reactive ketones (excluding diaryl/α,β-unsaturated/α-hetero) is 1. The van der Waals surface area contributed by atoms with Crippen LogP contribution in [0, 0.1) is 0 Å². The van der Waals surface area contributed by atoms with Crippen molar-refractivity contribution >= 4 is 32.3 Å². The predicted octanol–water partition coefficient (Wildman–Crippen LogP) is 4.77. The number of nitrogens with one attached hydrogen (secondary N) is 1. The smallest absolute Gasteiger partial charge is 0.178 e. The summed E-state index contributed by atoms with van der Waals surface area (Å²) in [6.07, 6.45) is 3.42. The molecule has 1 unspecified atom stereocenters. The standard InChI is InChI=1S/C26H26N4O4S/c1-3-35(32,33)19-11-9-18(10-12-19)34-25-16-22-21(28-26(29-22)20-7-4-5-13-27-20)15-24(25)30-14-6-8-23(30)17(2)31/h4-5,7,9-13,15-16,23H,3,6,8,14H2,1-2H3,(H,28,29). The number of sulfone groups is 1. The van der Waals surface area contributed by atoms with E-state index in [9.17, 15) is 13.2 Å². The zero-order valence-corrected chi connectivity index (χ0v) is 20.4. The SMILES string of the molecule is CCS(=O)(=O)c1ccc(Oc2cc3nc(-c4ccccn4)[nH]c3cc2N2CCCC2C(C)=O)cc1. The number of carbonyl (C=O) groups is 1. The van der Waals surface area contributed by atoms with Crippen molar-refractivity contribution in [1.29, 1.82) is 0 Å². The van der Waals surface area contributed by atoms with Gasteiger partial charge in [0.15, 0.2) is 27.2 Å². The molecule has 0 bridgehead atoms. The van der Waals surface area contributed by atoms with E-state index in [-0.39, 0.29) is 22.5 Å². The number of benzene rings is 2. The number of anilines is 1. The maximum Gasteiger partial charge on any atom is 0.178 e. The first-order valence-corrected chi connectivity index (χ1v) is 13.2. The van der Waals surface area contributed by atoms with E-state index in [1.165, 1.54) is 0 Å². The highest BCUT2D eigenvalue weighted by atomic mass is 32.2. The van der Waals surface area contributed by atoms with Crippen molar-refractivity contribution in [2.45, 2.75) is 37.6 Å². The number of nitrogens with zero attached hydrogens (tertiary/aromatic N) is 3. The molecule has 1 aliphatic rings. The zero-order chi connectivity index (χ0) is 24.6. The van der Waals surface area contributed by atoms with Crippen molar-refractivity contribution in [3.05, 3.63) is 60.8 Å². The minimum Gasteiger partial charge on any atom is -0.455 e. The number of ether oxygens (including phenoxy) is 1. The van der Waals surface area contributed by atoms with E-state index >= 15 is 0 Å². The van der Waals surface area contributed by atoms with Gasteiger partial charge in [0, 0.05) is 18.8 Å². The second-order valence-electron chi connectivity index (χ2n) is 8.58. The molecule has 3 heterocycles. The van der Waals surface area contributed by atoms with Crippen LogP contribution in [0.5, 0.6) is 11.5 Å². The summed E-state index contributed by atoms with van der Waals surface area (Å²) in [5.74, 6) is 1.84. The van der Waals surface area contributed by atoms with Crippen molar-refractivity contribution in [3.63, 3.8) is 0 Å². The van der Waals surface area contributed by atoms with Gasteiger partial charge >= 0.3 is 0 Å². The third kappa shape index (κ3) is 4.51. The summed E-state index contributed by atoms with van der Waals surface area (Å²) in [4.78, 5) is 27.1. The Kier molecular flexibility index (Phi) is 6.02. The van der Waals surface area contributed by atoms with E-state index in [0.717, 1.165) is 36.3 Å². The number of ketones is 1. The van der Waals surface area contributed by atoms with Gasteiger partial charge in [-0.15, -0.1) is 0 Å². The van der Waals surface area contributed by atoms with Crippen molar-refractivity contribution in [1.82, 2.24) is 15.0 Å². The molecule has 0 amide bonds. The van der Waals surface area contributed by atoms with Gasteiger partial charge < -0.3 is 14.6 Å². The van der Waals surface area contributed by atoms with Crippen molar-refractivity contribution in [2.24, 2.45) is 0 Å². The van der Waals surface area contributed by atoms with E-state index < -0.39 is 9.84 Å². The van der Waals surface area contributed by atoms with Crippen LogP contribution in [-0.4, -0.2) is 47.5 Å². The average molecular weight is 491 g/mol. The number of aromatic amines is 1. The highest BCUT2D eigenvalue weighted by Gasteiger charge is 2.31. The number of H-pyrrole nitrogens is 1. The number of rotatable bonds is 7. The normalized spacial score (nSPS) is 16.1. The van der Waals surface area contributed by atoms with Crippen molar-refractivity contribution < 1.29 is 17.9 Å². The molecule has 0 aliphatic carbocycles. The molecule has 2 aromatic carbocycles. The Hall–Kier alpha value is -3.72. The number of pyridine rings is 1. The first-order chi connectivity index (χ1) is 16.9. The molecular formula is C26H26N4O4S. The fourth-order valence-electron chi connectivity index (χ4n) is 4.44. The highest BCUT2D eigenvalue weighted by molar-refractivity contribution is 7.91. The number of hydrogen-bond acceptors (Lipinski definition) is 7.